The van der Waals surface area contributed by atoms with E-state index < -0.39 is 5.79 Å². The lowest BCUT2D eigenvalue weighted by Gasteiger charge is -2.35. The number of ether oxygens (including phenoxy) is 3. The van der Waals surface area contributed by atoms with Crippen LogP contribution >= 0.6 is 0 Å². The number of hydrogen-bond acceptors (Lipinski definition) is 9. The first-order valence-electron chi connectivity index (χ1n) is 27.9. The number of hydrogen-bond donors (Lipinski definition) is 3. The van der Waals surface area contributed by atoms with E-state index in [-0.39, 0.29) is 42.5 Å². The van der Waals surface area contributed by atoms with Crippen molar-refractivity contribution in [2.75, 3.05) is 41.0 Å². The van der Waals surface area contributed by atoms with Crippen LogP contribution < -0.4 is 0 Å². The average Bonchev–Trinajstić information content (AvgIpc) is 4.10. The molecule has 4 aliphatic rings. The molecule has 0 spiro atoms. The lowest BCUT2D eigenvalue weighted by atomic mass is 9.85. The number of allylic oxidation sites excluding steroid dienone is 4. The minimum atomic E-state index is -0.508. The quantitative estimate of drug-likeness (QED) is 0.0317. The van der Waals surface area contributed by atoms with Crippen molar-refractivity contribution in [1.29, 1.82) is 0 Å². The predicted octanol–water partition coefficient (Wildman–Crippen LogP) is 13.1. The Morgan fingerprint density at radius 3 is 1.87 bits per heavy atom. The molecule has 4 aliphatic carbocycles. The highest BCUT2D eigenvalue weighted by Crippen LogP contribution is 2.47. The number of Topliss-reactive ketones (excluding diaryl/α,β-unsaturated/α-hetero) is 1. The van der Waals surface area contributed by atoms with Crippen LogP contribution in [0, 0.1) is 41.4 Å². The SMILES string of the molecule is CC(C)=CCC/C(C)=C/CC1CCCC1O.CCCCCC1C(=O)CCC1CC(=O)N(CC)CC.CCCCCC1C(CC(=O)OC)CCC1(OC)OC.CCCCCC1C(O)CCC1CCO. The topological polar surface area (TPSA) is 143 Å². The van der Waals surface area contributed by atoms with E-state index in [1.54, 1.807) is 14.2 Å². The van der Waals surface area contributed by atoms with E-state index in [9.17, 15) is 24.6 Å². The monoisotopic (exact) mass is 962 g/mol. The molecule has 10 heteroatoms. The van der Waals surface area contributed by atoms with Crippen LogP contribution in [-0.2, 0) is 28.6 Å². The molecule has 4 saturated carbocycles. The highest BCUT2D eigenvalue weighted by Gasteiger charge is 2.49. The van der Waals surface area contributed by atoms with Crippen molar-refractivity contribution in [3.8, 4) is 0 Å². The van der Waals surface area contributed by atoms with Gasteiger partial charge in [-0.3, -0.25) is 14.4 Å². The van der Waals surface area contributed by atoms with Crippen molar-refractivity contribution < 1.29 is 43.9 Å². The maximum atomic E-state index is 12.2. The van der Waals surface area contributed by atoms with E-state index in [1.807, 2.05) is 18.7 Å². The molecule has 1 amide bonds. The number of unbranched alkanes of at least 4 members (excludes halogenated alkanes) is 6. The number of methoxy groups -OCH3 is 3. The lowest BCUT2D eigenvalue weighted by Crippen LogP contribution is -2.40. The summed E-state index contributed by atoms with van der Waals surface area (Å²) in [5.74, 6) is 2.61. The van der Waals surface area contributed by atoms with E-state index in [0.29, 0.717) is 54.6 Å². The molecule has 9 unspecified atom stereocenters. The van der Waals surface area contributed by atoms with Crippen molar-refractivity contribution in [3.05, 3.63) is 23.3 Å². The van der Waals surface area contributed by atoms with Crippen molar-refractivity contribution >= 4 is 17.7 Å². The zero-order chi connectivity index (χ0) is 50.9. The van der Waals surface area contributed by atoms with Gasteiger partial charge in [-0.1, -0.05) is 108 Å². The molecule has 4 fully saturated rings. The molecular weight excluding hydrogens is 855 g/mol. The summed E-state index contributed by atoms with van der Waals surface area (Å²) in [6.07, 6.45) is 32.7. The van der Waals surface area contributed by atoms with Gasteiger partial charge in [0.2, 0.25) is 5.91 Å². The van der Waals surface area contributed by atoms with Gasteiger partial charge in [-0.05, 0) is 148 Å². The van der Waals surface area contributed by atoms with Crippen molar-refractivity contribution in [1.82, 2.24) is 4.90 Å². The number of carbonyl (C=O) groups excluding carboxylic acids is 3. The Hall–Kier alpha value is -2.11. The fourth-order valence-electron chi connectivity index (χ4n) is 11.5. The largest absolute Gasteiger partial charge is 0.469 e. The van der Waals surface area contributed by atoms with Gasteiger partial charge in [-0.2, -0.15) is 0 Å². The minimum Gasteiger partial charge on any atom is -0.469 e. The van der Waals surface area contributed by atoms with Gasteiger partial charge >= 0.3 is 5.97 Å². The molecule has 0 saturated heterocycles. The second kappa shape index (κ2) is 37.6. The predicted molar refractivity (Wildman–Crippen MR) is 280 cm³/mol. The normalized spacial score (nSPS) is 26.2. The second-order valence-electron chi connectivity index (χ2n) is 21.0. The summed E-state index contributed by atoms with van der Waals surface area (Å²) < 4.78 is 16.1. The Morgan fingerprint density at radius 2 is 1.32 bits per heavy atom. The zero-order valence-corrected chi connectivity index (χ0v) is 45.8. The minimum absolute atomic E-state index is 0.0400. The van der Waals surface area contributed by atoms with Crippen LogP contribution in [0.2, 0.25) is 0 Å². The Kier molecular flexibility index (Phi) is 35.4. The molecule has 0 aromatic carbocycles. The van der Waals surface area contributed by atoms with Gasteiger partial charge in [0.25, 0.3) is 0 Å². The number of aliphatic hydroxyl groups excluding tert-OH is 3. The van der Waals surface area contributed by atoms with E-state index in [4.69, 9.17) is 19.3 Å². The van der Waals surface area contributed by atoms with Gasteiger partial charge in [-0.15, -0.1) is 0 Å². The molecule has 0 radical (unpaired) electrons. The van der Waals surface area contributed by atoms with Gasteiger partial charge in [-0.25, -0.2) is 0 Å². The Balaban J connectivity index is 0.000000456. The summed E-state index contributed by atoms with van der Waals surface area (Å²) in [6, 6.07) is 0. The highest BCUT2D eigenvalue weighted by molar-refractivity contribution is 5.85. The Morgan fingerprint density at radius 1 is 0.691 bits per heavy atom. The van der Waals surface area contributed by atoms with Gasteiger partial charge in [0, 0.05) is 71.4 Å². The summed E-state index contributed by atoms with van der Waals surface area (Å²) in [6.45, 7) is 18.9. The highest BCUT2D eigenvalue weighted by atomic mass is 16.7. The molecule has 0 heterocycles. The molecular formula is C58H107NO9. The Bertz CT molecular complexity index is 1380. The molecule has 9 atom stereocenters. The average molecular weight is 962 g/mol. The second-order valence-corrected chi connectivity index (χ2v) is 21.0. The number of carbonyl (C=O) groups is 3. The van der Waals surface area contributed by atoms with Gasteiger partial charge < -0.3 is 34.4 Å². The third kappa shape index (κ3) is 23.9. The molecule has 398 valence electrons. The first-order chi connectivity index (χ1) is 32.6. The standard InChI is InChI=1S/C16H29NO2.C15H28O4.C15H26O.C12H24O2/c1-4-7-8-9-14-13(10-11-15(14)18)12-16(19)17(5-2)6-3;1-5-6-7-8-13-12(11-14(16)17-2)9-10-15(13,18-3)19-4;1-12(2)6-4-7-13(3)10-11-14-8-5-9-15(14)16;1-2-3-4-5-11-10(8-9-13)6-7-12(11)14/h13-14H,4-12H2,1-3H3;12-13H,5-11H2,1-4H3;6,10,14-16H,4-5,7-9,11H2,1-3H3;10-14H,2-9H2,1H3/b;;13-10+;. The van der Waals surface area contributed by atoms with E-state index in [0.717, 1.165) is 109 Å². The van der Waals surface area contributed by atoms with Crippen LogP contribution in [0.1, 0.15) is 229 Å². The van der Waals surface area contributed by atoms with Crippen LogP contribution in [0.3, 0.4) is 0 Å². The van der Waals surface area contributed by atoms with E-state index >= 15 is 0 Å². The number of esters is 1. The summed E-state index contributed by atoms with van der Waals surface area (Å²) in [5, 5.41) is 28.4. The molecule has 3 N–H and O–H groups in total. The maximum Gasteiger partial charge on any atom is 0.305 e. The molecule has 10 nitrogen and oxygen atoms in total. The van der Waals surface area contributed by atoms with E-state index in [2.05, 4.69) is 53.7 Å². The first kappa shape index (κ1) is 63.9. The maximum absolute atomic E-state index is 12.2. The van der Waals surface area contributed by atoms with Crippen molar-refractivity contribution in [2.45, 2.75) is 247 Å². The zero-order valence-electron chi connectivity index (χ0n) is 45.8. The molecule has 0 bridgehead atoms. The number of ketones is 1. The van der Waals surface area contributed by atoms with Gasteiger partial charge in [0.05, 0.1) is 19.3 Å². The van der Waals surface area contributed by atoms with Crippen LogP contribution in [0.5, 0.6) is 0 Å². The molecule has 68 heavy (non-hydrogen) atoms. The summed E-state index contributed by atoms with van der Waals surface area (Å²) in [7, 11) is 4.86. The van der Waals surface area contributed by atoms with Gasteiger partial charge in [0.1, 0.15) is 5.78 Å². The van der Waals surface area contributed by atoms with Crippen LogP contribution in [0.15, 0.2) is 23.3 Å². The van der Waals surface area contributed by atoms with E-state index in [1.165, 1.54) is 76.0 Å². The van der Waals surface area contributed by atoms with Crippen LogP contribution in [-0.4, -0.2) is 96.9 Å². The Labute approximate surface area is 417 Å². The molecule has 4 rings (SSSR count). The molecule has 0 aliphatic heterocycles. The first-order valence-corrected chi connectivity index (χ1v) is 27.9. The van der Waals surface area contributed by atoms with Crippen LogP contribution in [0.25, 0.3) is 0 Å². The third-order valence-corrected chi connectivity index (χ3v) is 15.9. The number of amides is 1. The van der Waals surface area contributed by atoms with Crippen LogP contribution in [0.4, 0.5) is 0 Å². The number of nitrogens with zero attached hydrogens (tertiary/aromatic N) is 1. The van der Waals surface area contributed by atoms with Crippen molar-refractivity contribution in [2.24, 2.45) is 41.4 Å². The summed E-state index contributed by atoms with van der Waals surface area (Å²) in [4.78, 5) is 37.5. The molecule has 0 aromatic rings. The smallest absolute Gasteiger partial charge is 0.305 e. The fraction of sp³-hybridized carbons (Fsp3) is 0.879. The summed E-state index contributed by atoms with van der Waals surface area (Å²) in [5.41, 5.74) is 2.87. The third-order valence-electron chi connectivity index (χ3n) is 15.9. The number of aliphatic hydroxyl groups is 3. The van der Waals surface area contributed by atoms with Gasteiger partial charge in [0.15, 0.2) is 5.79 Å². The fourth-order valence-corrected chi connectivity index (χ4v) is 11.5. The number of rotatable bonds is 27. The summed E-state index contributed by atoms with van der Waals surface area (Å²) >= 11 is 0. The lowest BCUT2D eigenvalue weighted by molar-refractivity contribution is -0.233. The van der Waals surface area contributed by atoms with Crippen molar-refractivity contribution in [3.63, 3.8) is 0 Å². The molecule has 0 aromatic heterocycles.